The van der Waals surface area contributed by atoms with Gasteiger partial charge in [-0.2, -0.15) is 4.98 Å². The maximum absolute atomic E-state index is 11.3. The van der Waals surface area contributed by atoms with Crippen LogP contribution in [0.15, 0.2) is 23.1 Å². The molecule has 0 spiro atoms. The van der Waals surface area contributed by atoms with Crippen LogP contribution in [-0.4, -0.2) is 39.3 Å². The molecule has 2 atom stereocenters. The summed E-state index contributed by atoms with van der Waals surface area (Å²) in [6.07, 6.45) is 2.63. The Bertz CT molecular complexity index is 648. The van der Waals surface area contributed by atoms with Gasteiger partial charge in [-0.1, -0.05) is 6.92 Å². The average molecular weight is 274 g/mol. The number of piperidine rings is 1. The second-order valence-electron chi connectivity index (χ2n) is 5.30. The predicted molar refractivity (Wildman–Crippen MR) is 76.4 cm³/mol. The summed E-state index contributed by atoms with van der Waals surface area (Å²) in [4.78, 5) is 20.4. The summed E-state index contributed by atoms with van der Waals surface area (Å²) in [5, 5.41) is 7.10. The van der Waals surface area contributed by atoms with E-state index in [0.29, 0.717) is 17.7 Å². The zero-order valence-corrected chi connectivity index (χ0v) is 11.3. The van der Waals surface area contributed by atoms with Crippen molar-refractivity contribution in [3.8, 4) is 11.4 Å². The van der Waals surface area contributed by atoms with E-state index in [2.05, 4.69) is 32.0 Å². The van der Waals surface area contributed by atoms with Crippen LogP contribution in [0.3, 0.4) is 0 Å². The van der Waals surface area contributed by atoms with Gasteiger partial charge in [0.05, 0.1) is 0 Å². The van der Waals surface area contributed by atoms with Gasteiger partial charge in [-0.25, -0.2) is 0 Å². The molecule has 1 saturated heterocycles. The standard InChI is InChI=1S/C13H18N6O/c1-8-3-5-19(7-10(8)14)13-16-12(17-18-13)9-2-4-15-11(20)6-9/h2,4,6,8,10H,3,5,7,14H2,1H3,(H,15,20)(H,16,17,18). The van der Waals surface area contributed by atoms with Crippen molar-refractivity contribution in [2.75, 3.05) is 18.0 Å². The van der Waals surface area contributed by atoms with Gasteiger partial charge in [0, 0.05) is 37.0 Å². The lowest BCUT2D eigenvalue weighted by Crippen LogP contribution is -2.48. The molecule has 0 bridgehead atoms. The maximum atomic E-state index is 11.3. The Kier molecular flexibility index (Phi) is 3.27. The fourth-order valence-corrected chi connectivity index (χ4v) is 2.40. The van der Waals surface area contributed by atoms with Crippen molar-refractivity contribution in [3.63, 3.8) is 0 Å². The second kappa shape index (κ2) is 5.09. The van der Waals surface area contributed by atoms with E-state index >= 15 is 0 Å². The van der Waals surface area contributed by atoms with Gasteiger partial charge in [0.15, 0.2) is 5.82 Å². The normalized spacial score (nSPS) is 23.0. The van der Waals surface area contributed by atoms with Crippen LogP contribution in [0, 0.1) is 5.92 Å². The van der Waals surface area contributed by atoms with Crippen molar-refractivity contribution in [1.29, 1.82) is 0 Å². The Morgan fingerprint density at radius 1 is 1.50 bits per heavy atom. The summed E-state index contributed by atoms with van der Waals surface area (Å²) in [5.74, 6) is 1.76. The lowest BCUT2D eigenvalue weighted by molar-refractivity contribution is 0.376. The number of aromatic amines is 2. The van der Waals surface area contributed by atoms with Gasteiger partial charge >= 0.3 is 0 Å². The van der Waals surface area contributed by atoms with Crippen LogP contribution in [0.5, 0.6) is 0 Å². The van der Waals surface area contributed by atoms with E-state index in [-0.39, 0.29) is 11.6 Å². The largest absolute Gasteiger partial charge is 0.338 e. The average Bonchev–Trinajstić information content (AvgIpc) is 2.92. The van der Waals surface area contributed by atoms with Gasteiger partial charge in [0.25, 0.3) is 0 Å². The first kappa shape index (κ1) is 12.9. The number of pyridine rings is 1. The lowest BCUT2D eigenvalue weighted by Gasteiger charge is -2.34. The predicted octanol–water partition coefficient (Wildman–Crippen LogP) is 0.333. The molecule has 0 amide bonds. The molecule has 1 aliphatic rings. The van der Waals surface area contributed by atoms with Crippen molar-refractivity contribution in [2.24, 2.45) is 11.7 Å². The smallest absolute Gasteiger partial charge is 0.248 e. The second-order valence-corrected chi connectivity index (χ2v) is 5.30. The molecule has 4 N–H and O–H groups in total. The third-order valence-electron chi connectivity index (χ3n) is 3.82. The molecule has 2 unspecified atom stereocenters. The summed E-state index contributed by atoms with van der Waals surface area (Å²) in [6.45, 7) is 3.83. The highest BCUT2D eigenvalue weighted by Gasteiger charge is 2.25. The van der Waals surface area contributed by atoms with Gasteiger partial charge in [-0.3, -0.25) is 9.89 Å². The first-order valence-electron chi connectivity index (χ1n) is 6.75. The minimum atomic E-state index is -0.158. The minimum absolute atomic E-state index is 0.144. The molecular formula is C13H18N6O. The maximum Gasteiger partial charge on any atom is 0.248 e. The minimum Gasteiger partial charge on any atom is -0.338 e. The van der Waals surface area contributed by atoms with Crippen LogP contribution in [0.1, 0.15) is 13.3 Å². The SMILES string of the molecule is CC1CCN(c2n[nH]c(-c3cc[nH]c(=O)c3)n2)CC1N. The summed E-state index contributed by atoms with van der Waals surface area (Å²) < 4.78 is 0. The van der Waals surface area contributed by atoms with E-state index < -0.39 is 0 Å². The fourth-order valence-electron chi connectivity index (χ4n) is 2.40. The summed E-state index contributed by atoms with van der Waals surface area (Å²) >= 11 is 0. The van der Waals surface area contributed by atoms with Gasteiger partial charge < -0.3 is 15.6 Å². The number of hydrogen-bond donors (Lipinski definition) is 3. The molecule has 3 rings (SSSR count). The molecule has 0 radical (unpaired) electrons. The highest BCUT2D eigenvalue weighted by atomic mass is 16.1. The Hall–Kier alpha value is -2.15. The van der Waals surface area contributed by atoms with E-state index in [4.69, 9.17) is 5.73 Å². The molecular weight excluding hydrogens is 256 g/mol. The van der Waals surface area contributed by atoms with E-state index in [1.165, 1.54) is 6.07 Å². The number of nitrogens with two attached hydrogens (primary N) is 1. The number of aromatic nitrogens is 4. The zero-order chi connectivity index (χ0) is 14.1. The highest BCUT2D eigenvalue weighted by Crippen LogP contribution is 2.21. The third kappa shape index (κ3) is 2.44. The van der Waals surface area contributed by atoms with E-state index in [0.717, 1.165) is 25.1 Å². The van der Waals surface area contributed by atoms with Gasteiger partial charge in [0.2, 0.25) is 11.5 Å². The number of nitrogens with one attached hydrogen (secondary N) is 2. The van der Waals surface area contributed by atoms with Crippen LogP contribution < -0.4 is 16.2 Å². The molecule has 1 aliphatic heterocycles. The molecule has 0 aromatic carbocycles. The van der Waals surface area contributed by atoms with Crippen LogP contribution in [0.2, 0.25) is 0 Å². The third-order valence-corrected chi connectivity index (χ3v) is 3.82. The molecule has 2 aromatic heterocycles. The summed E-state index contributed by atoms with van der Waals surface area (Å²) in [5.41, 5.74) is 6.66. The molecule has 106 valence electrons. The number of hydrogen-bond acceptors (Lipinski definition) is 5. The zero-order valence-electron chi connectivity index (χ0n) is 11.3. The fraction of sp³-hybridized carbons (Fsp3) is 0.462. The molecule has 3 heterocycles. The number of nitrogens with zero attached hydrogens (tertiary/aromatic N) is 3. The van der Waals surface area contributed by atoms with Gasteiger partial charge in [-0.15, -0.1) is 5.10 Å². The Morgan fingerprint density at radius 2 is 2.35 bits per heavy atom. The number of rotatable bonds is 2. The van der Waals surface area contributed by atoms with E-state index in [9.17, 15) is 4.79 Å². The quantitative estimate of drug-likeness (QED) is 0.732. The van der Waals surface area contributed by atoms with Crippen molar-refractivity contribution >= 4 is 5.95 Å². The molecule has 0 saturated carbocycles. The molecule has 7 heteroatoms. The molecule has 0 aliphatic carbocycles. The Labute approximate surface area is 116 Å². The lowest BCUT2D eigenvalue weighted by atomic mass is 9.95. The van der Waals surface area contributed by atoms with Crippen molar-refractivity contribution in [2.45, 2.75) is 19.4 Å². The van der Waals surface area contributed by atoms with E-state index in [1.54, 1.807) is 12.3 Å². The summed E-state index contributed by atoms with van der Waals surface area (Å²) in [7, 11) is 0. The van der Waals surface area contributed by atoms with E-state index in [1.807, 2.05) is 0 Å². The van der Waals surface area contributed by atoms with Crippen LogP contribution in [0.25, 0.3) is 11.4 Å². The summed E-state index contributed by atoms with van der Waals surface area (Å²) in [6, 6.07) is 3.43. The molecule has 7 nitrogen and oxygen atoms in total. The number of anilines is 1. The molecule has 20 heavy (non-hydrogen) atoms. The van der Waals surface area contributed by atoms with Gasteiger partial charge in [0.1, 0.15) is 0 Å². The van der Waals surface area contributed by atoms with Crippen molar-refractivity contribution in [1.82, 2.24) is 20.2 Å². The monoisotopic (exact) mass is 274 g/mol. The molecule has 1 fully saturated rings. The van der Waals surface area contributed by atoms with Gasteiger partial charge in [-0.05, 0) is 18.4 Å². The Balaban J connectivity index is 1.82. The molecule has 2 aromatic rings. The highest BCUT2D eigenvalue weighted by molar-refractivity contribution is 5.55. The first-order chi connectivity index (χ1) is 9.63. The number of H-pyrrole nitrogens is 2. The van der Waals surface area contributed by atoms with Crippen molar-refractivity contribution < 1.29 is 0 Å². The topological polar surface area (TPSA) is 104 Å². The van der Waals surface area contributed by atoms with Crippen LogP contribution >= 0.6 is 0 Å². The van der Waals surface area contributed by atoms with Crippen LogP contribution in [-0.2, 0) is 0 Å². The Morgan fingerprint density at radius 3 is 3.10 bits per heavy atom. The van der Waals surface area contributed by atoms with Crippen molar-refractivity contribution in [3.05, 3.63) is 28.7 Å². The first-order valence-corrected chi connectivity index (χ1v) is 6.75. The van der Waals surface area contributed by atoms with Crippen LogP contribution in [0.4, 0.5) is 5.95 Å².